The molecule has 0 fully saturated rings. The third kappa shape index (κ3) is 5.29. The van der Waals surface area contributed by atoms with Gasteiger partial charge in [-0.05, 0) is 45.1 Å². The Morgan fingerprint density at radius 2 is 1.95 bits per heavy atom. The zero-order valence-corrected chi connectivity index (χ0v) is 13.5. The Labute approximate surface area is 132 Å². The predicted octanol–water partition coefficient (Wildman–Crippen LogP) is 2.16. The number of benzene rings is 1. The highest BCUT2D eigenvalue weighted by atomic mass is 15.3. The molecule has 0 atom stereocenters. The lowest BCUT2D eigenvalue weighted by Crippen LogP contribution is -2.17. The minimum absolute atomic E-state index is 0.542. The Kier molecular flexibility index (Phi) is 6.09. The molecule has 0 aliphatic heterocycles. The molecule has 22 heavy (non-hydrogen) atoms. The molecule has 0 saturated heterocycles. The summed E-state index contributed by atoms with van der Waals surface area (Å²) in [7, 11) is 4.14. The molecular formula is C16H24N6. The van der Waals surface area contributed by atoms with Crippen molar-refractivity contribution < 1.29 is 0 Å². The molecule has 0 radical (unpaired) electrons. The van der Waals surface area contributed by atoms with E-state index in [0.29, 0.717) is 12.5 Å². The standard InChI is InChI=1S/C16H24N6/c1-13-7-4-5-8-14(13)11-18-16-20-15(12-19-21-16)17-9-6-10-22(2)3/h4-5,7-8,12H,6,9-11H2,1-3H3,(H2,17,18,20,21). The van der Waals surface area contributed by atoms with E-state index in [2.05, 4.69) is 63.9 Å². The van der Waals surface area contributed by atoms with Crippen LogP contribution in [-0.4, -0.2) is 47.3 Å². The van der Waals surface area contributed by atoms with E-state index in [1.165, 1.54) is 11.1 Å². The van der Waals surface area contributed by atoms with Crippen molar-refractivity contribution in [2.24, 2.45) is 0 Å². The first kappa shape index (κ1) is 16.2. The van der Waals surface area contributed by atoms with Crippen LogP contribution in [0.15, 0.2) is 30.5 Å². The number of aromatic nitrogens is 3. The number of rotatable bonds is 8. The van der Waals surface area contributed by atoms with Crippen molar-refractivity contribution in [2.45, 2.75) is 19.9 Å². The van der Waals surface area contributed by atoms with Crippen molar-refractivity contribution in [3.8, 4) is 0 Å². The minimum Gasteiger partial charge on any atom is -0.369 e. The van der Waals surface area contributed by atoms with Crippen LogP contribution >= 0.6 is 0 Å². The smallest absolute Gasteiger partial charge is 0.244 e. The summed E-state index contributed by atoms with van der Waals surface area (Å²) in [4.78, 5) is 6.59. The van der Waals surface area contributed by atoms with E-state index in [1.807, 2.05) is 12.1 Å². The van der Waals surface area contributed by atoms with E-state index in [9.17, 15) is 0 Å². The molecule has 1 aromatic carbocycles. The molecule has 0 aliphatic rings. The lowest BCUT2D eigenvalue weighted by molar-refractivity contribution is 0.405. The van der Waals surface area contributed by atoms with E-state index in [-0.39, 0.29) is 0 Å². The lowest BCUT2D eigenvalue weighted by atomic mass is 10.1. The average Bonchev–Trinajstić information content (AvgIpc) is 2.51. The van der Waals surface area contributed by atoms with Crippen LogP contribution in [0, 0.1) is 6.92 Å². The topological polar surface area (TPSA) is 66.0 Å². The van der Waals surface area contributed by atoms with Crippen LogP contribution in [0.3, 0.4) is 0 Å². The van der Waals surface area contributed by atoms with Crippen molar-refractivity contribution in [3.63, 3.8) is 0 Å². The second-order valence-electron chi connectivity index (χ2n) is 5.53. The molecule has 2 N–H and O–H groups in total. The Balaban J connectivity index is 1.85. The van der Waals surface area contributed by atoms with Gasteiger partial charge in [0.15, 0.2) is 5.82 Å². The van der Waals surface area contributed by atoms with Gasteiger partial charge in [0.2, 0.25) is 5.95 Å². The summed E-state index contributed by atoms with van der Waals surface area (Å²) >= 11 is 0. The van der Waals surface area contributed by atoms with Crippen LogP contribution < -0.4 is 10.6 Å². The van der Waals surface area contributed by atoms with Crippen LogP contribution in [0.4, 0.5) is 11.8 Å². The van der Waals surface area contributed by atoms with E-state index in [4.69, 9.17) is 0 Å². The number of hydrogen-bond acceptors (Lipinski definition) is 6. The molecule has 0 amide bonds. The number of hydrogen-bond donors (Lipinski definition) is 2. The maximum absolute atomic E-state index is 4.42. The van der Waals surface area contributed by atoms with Crippen molar-refractivity contribution >= 4 is 11.8 Å². The van der Waals surface area contributed by atoms with Crippen LogP contribution in [0.5, 0.6) is 0 Å². The number of nitrogens with zero attached hydrogens (tertiary/aromatic N) is 4. The van der Waals surface area contributed by atoms with Gasteiger partial charge in [0.25, 0.3) is 0 Å². The Hall–Kier alpha value is -2.21. The van der Waals surface area contributed by atoms with Gasteiger partial charge in [0.05, 0.1) is 6.20 Å². The highest BCUT2D eigenvalue weighted by Crippen LogP contribution is 2.10. The molecule has 2 rings (SSSR count). The molecule has 118 valence electrons. The monoisotopic (exact) mass is 300 g/mol. The third-order valence-corrected chi connectivity index (χ3v) is 3.35. The fraction of sp³-hybridized carbons (Fsp3) is 0.438. The SMILES string of the molecule is Cc1ccccc1CNc1nncc(NCCCN(C)C)n1. The average molecular weight is 300 g/mol. The second-order valence-corrected chi connectivity index (χ2v) is 5.53. The summed E-state index contributed by atoms with van der Waals surface area (Å²) in [6.07, 6.45) is 2.71. The first-order chi connectivity index (χ1) is 10.6. The van der Waals surface area contributed by atoms with Crippen molar-refractivity contribution in [2.75, 3.05) is 37.8 Å². The zero-order valence-electron chi connectivity index (χ0n) is 13.5. The minimum atomic E-state index is 0.542. The Morgan fingerprint density at radius 1 is 1.14 bits per heavy atom. The van der Waals surface area contributed by atoms with Crippen molar-refractivity contribution in [1.29, 1.82) is 0 Å². The van der Waals surface area contributed by atoms with Crippen molar-refractivity contribution in [1.82, 2.24) is 20.1 Å². The molecule has 1 heterocycles. The summed E-state index contributed by atoms with van der Waals surface area (Å²) < 4.78 is 0. The summed E-state index contributed by atoms with van der Waals surface area (Å²) in [5.41, 5.74) is 2.48. The van der Waals surface area contributed by atoms with E-state index < -0.39 is 0 Å². The molecule has 0 spiro atoms. The normalized spacial score (nSPS) is 10.7. The van der Waals surface area contributed by atoms with E-state index in [1.54, 1.807) is 6.20 Å². The maximum atomic E-state index is 4.42. The Morgan fingerprint density at radius 3 is 2.73 bits per heavy atom. The first-order valence-corrected chi connectivity index (χ1v) is 7.52. The van der Waals surface area contributed by atoms with Gasteiger partial charge in [0, 0.05) is 13.1 Å². The maximum Gasteiger partial charge on any atom is 0.244 e. The molecular weight excluding hydrogens is 276 g/mol. The summed E-state index contributed by atoms with van der Waals surface area (Å²) in [6.45, 7) is 4.70. The molecule has 6 heteroatoms. The molecule has 2 aromatic rings. The van der Waals surface area contributed by atoms with Gasteiger partial charge in [-0.3, -0.25) is 0 Å². The van der Waals surface area contributed by atoms with Gasteiger partial charge in [0.1, 0.15) is 0 Å². The van der Waals surface area contributed by atoms with Gasteiger partial charge in [-0.2, -0.15) is 10.1 Å². The van der Waals surface area contributed by atoms with Gasteiger partial charge in [-0.15, -0.1) is 5.10 Å². The predicted molar refractivity (Wildman–Crippen MR) is 90.0 cm³/mol. The van der Waals surface area contributed by atoms with Crippen LogP contribution in [0.25, 0.3) is 0 Å². The van der Waals surface area contributed by atoms with Crippen molar-refractivity contribution in [3.05, 3.63) is 41.6 Å². The van der Waals surface area contributed by atoms with Gasteiger partial charge >= 0.3 is 0 Å². The summed E-state index contributed by atoms with van der Waals surface area (Å²) in [6, 6.07) is 8.26. The van der Waals surface area contributed by atoms with Crippen LogP contribution in [0.1, 0.15) is 17.5 Å². The van der Waals surface area contributed by atoms with Crippen LogP contribution in [0.2, 0.25) is 0 Å². The molecule has 1 aromatic heterocycles. The van der Waals surface area contributed by atoms with E-state index >= 15 is 0 Å². The highest BCUT2D eigenvalue weighted by Gasteiger charge is 2.02. The number of aryl methyl sites for hydroxylation is 1. The fourth-order valence-electron chi connectivity index (χ4n) is 2.06. The first-order valence-electron chi connectivity index (χ1n) is 7.52. The summed E-state index contributed by atoms with van der Waals surface area (Å²) in [5.74, 6) is 1.29. The fourth-order valence-corrected chi connectivity index (χ4v) is 2.06. The lowest BCUT2D eigenvalue weighted by Gasteiger charge is -2.11. The van der Waals surface area contributed by atoms with E-state index in [0.717, 1.165) is 25.3 Å². The third-order valence-electron chi connectivity index (χ3n) is 3.35. The highest BCUT2D eigenvalue weighted by molar-refractivity contribution is 5.38. The number of nitrogens with one attached hydrogen (secondary N) is 2. The Bertz CT molecular complexity index is 584. The largest absolute Gasteiger partial charge is 0.369 e. The van der Waals surface area contributed by atoms with Crippen LogP contribution in [-0.2, 0) is 6.54 Å². The molecule has 6 nitrogen and oxygen atoms in total. The second kappa shape index (κ2) is 8.29. The zero-order chi connectivity index (χ0) is 15.8. The summed E-state index contributed by atoms with van der Waals surface area (Å²) in [5, 5.41) is 14.5. The molecule has 0 bridgehead atoms. The van der Waals surface area contributed by atoms with Gasteiger partial charge in [-0.1, -0.05) is 24.3 Å². The molecule has 0 aliphatic carbocycles. The quantitative estimate of drug-likeness (QED) is 0.728. The molecule has 0 saturated carbocycles. The van der Waals surface area contributed by atoms with Gasteiger partial charge < -0.3 is 15.5 Å². The van der Waals surface area contributed by atoms with Gasteiger partial charge in [-0.25, -0.2) is 0 Å². The molecule has 0 unspecified atom stereocenters. The number of anilines is 2.